The first-order valence-corrected chi connectivity index (χ1v) is 9.94. The molecule has 1 aliphatic carbocycles. The first-order chi connectivity index (χ1) is 11.4. The van der Waals surface area contributed by atoms with Crippen molar-refractivity contribution in [1.29, 1.82) is 0 Å². The van der Waals surface area contributed by atoms with Gasteiger partial charge in [-0.05, 0) is 26.2 Å². The van der Waals surface area contributed by atoms with Crippen LogP contribution in [0.5, 0.6) is 0 Å². The fourth-order valence-corrected chi connectivity index (χ4v) is 5.06. The Morgan fingerprint density at radius 3 is 2.92 bits per heavy atom. The lowest BCUT2D eigenvalue weighted by molar-refractivity contribution is -0.122. The van der Waals surface area contributed by atoms with Crippen molar-refractivity contribution in [2.75, 3.05) is 25.4 Å². The summed E-state index contributed by atoms with van der Waals surface area (Å²) in [4.78, 5) is 16.7. The van der Waals surface area contributed by atoms with Crippen LogP contribution in [0.3, 0.4) is 0 Å². The van der Waals surface area contributed by atoms with Gasteiger partial charge in [-0.15, -0.1) is 0 Å². The number of carbonyl (C=O) groups is 1. The van der Waals surface area contributed by atoms with E-state index < -0.39 is 10.0 Å². The molecule has 1 aromatic rings. The van der Waals surface area contributed by atoms with Crippen molar-refractivity contribution in [1.82, 2.24) is 19.2 Å². The van der Waals surface area contributed by atoms with Crippen molar-refractivity contribution in [2.45, 2.75) is 45.2 Å². The largest absolute Gasteiger partial charge is 0.395 e. The number of hydrogen-bond donors (Lipinski definition) is 2. The summed E-state index contributed by atoms with van der Waals surface area (Å²) in [6.07, 6.45) is 2.82. The van der Waals surface area contributed by atoms with E-state index in [4.69, 9.17) is 5.11 Å². The smallest absolute Gasteiger partial charge is 0.235 e. The number of sulfonamides is 1. The van der Waals surface area contributed by atoms with Gasteiger partial charge in [0.2, 0.25) is 15.9 Å². The number of nitrogens with zero attached hydrogens (tertiary/aromatic N) is 3. The van der Waals surface area contributed by atoms with Crippen LogP contribution in [0.2, 0.25) is 0 Å². The van der Waals surface area contributed by atoms with Crippen LogP contribution in [-0.2, 0) is 34.2 Å². The molecule has 2 N–H and O–H groups in total. The van der Waals surface area contributed by atoms with Gasteiger partial charge in [-0.2, -0.15) is 4.31 Å². The first-order valence-electron chi connectivity index (χ1n) is 8.33. The fraction of sp³-hybridized carbons (Fsp3) is 0.733. The van der Waals surface area contributed by atoms with Crippen LogP contribution in [0.25, 0.3) is 0 Å². The fourth-order valence-electron chi connectivity index (χ4n) is 3.58. The topological polar surface area (TPSA) is 105 Å². The van der Waals surface area contributed by atoms with Crippen LogP contribution >= 0.6 is 0 Å². The molecule has 1 saturated heterocycles. The van der Waals surface area contributed by atoms with E-state index in [9.17, 15) is 13.2 Å². The number of aryl methyl sites for hydroxylation is 1. The highest BCUT2D eigenvalue weighted by molar-refractivity contribution is 7.89. The number of amides is 1. The molecule has 1 aromatic heterocycles. The molecule has 2 aliphatic rings. The van der Waals surface area contributed by atoms with Crippen LogP contribution in [0, 0.1) is 6.92 Å². The summed E-state index contributed by atoms with van der Waals surface area (Å²) < 4.78 is 26.8. The van der Waals surface area contributed by atoms with Gasteiger partial charge in [0.25, 0.3) is 0 Å². The lowest BCUT2D eigenvalue weighted by atomic mass is 9.96. The van der Waals surface area contributed by atoms with E-state index in [0.29, 0.717) is 25.9 Å². The number of aliphatic hydroxyl groups excluding tert-OH is 1. The molecule has 0 spiro atoms. The summed E-state index contributed by atoms with van der Waals surface area (Å²) in [5.41, 5.74) is 2.10. The lowest BCUT2D eigenvalue weighted by Gasteiger charge is -2.24. The Balaban J connectivity index is 1.60. The molecule has 9 heteroatoms. The van der Waals surface area contributed by atoms with Gasteiger partial charge in [-0.3, -0.25) is 4.79 Å². The van der Waals surface area contributed by atoms with Crippen LogP contribution in [0.1, 0.15) is 30.1 Å². The zero-order valence-corrected chi connectivity index (χ0v) is 14.7. The molecule has 0 bridgehead atoms. The number of aliphatic hydroxyl groups is 1. The van der Waals surface area contributed by atoms with E-state index in [1.165, 1.54) is 4.31 Å². The summed E-state index contributed by atoms with van der Waals surface area (Å²) >= 11 is 0. The second-order valence-corrected chi connectivity index (χ2v) is 8.53. The number of aromatic nitrogens is 2. The third-order valence-corrected chi connectivity index (χ3v) is 6.63. The zero-order valence-electron chi connectivity index (χ0n) is 13.9. The Labute approximate surface area is 141 Å². The van der Waals surface area contributed by atoms with Crippen molar-refractivity contribution >= 4 is 15.9 Å². The Bertz CT molecular complexity index is 728. The maximum absolute atomic E-state index is 12.2. The molecule has 1 amide bonds. The Hall–Kier alpha value is -1.45. The predicted molar refractivity (Wildman–Crippen MR) is 88.0 cm³/mol. The van der Waals surface area contributed by atoms with Crippen molar-refractivity contribution in [3.8, 4) is 0 Å². The van der Waals surface area contributed by atoms with E-state index >= 15 is 0 Å². The van der Waals surface area contributed by atoms with Crippen molar-refractivity contribution in [2.24, 2.45) is 0 Å². The molecule has 0 radical (unpaired) electrons. The van der Waals surface area contributed by atoms with E-state index in [1.807, 2.05) is 11.5 Å². The molecule has 3 rings (SSSR count). The van der Waals surface area contributed by atoms with E-state index in [1.54, 1.807) is 0 Å². The second-order valence-electron chi connectivity index (χ2n) is 6.44. The molecule has 1 unspecified atom stereocenters. The number of rotatable bonds is 5. The monoisotopic (exact) mass is 356 g/mol. The molecule has 1 fully saturated rings. The molecule has 1 aliphatic heterocycles. The maximum Gasteiger partial charge on any atom is 0.235 e. The highest BCUT2D eigenvalue weighted by Crippen LogP contribution is 2.22. The summed E-state index contributed by atoms with van der Waals surface area (Å²) in [5, 5.41) is 12.1. The minimum Gasteiger partial charge on any atom is -0.395 e. The van der Waals surface area contributed by atoms with Crippen LogP contribution in [0.15, 0.2) is 0 Å². The van der Waals surface area contributed by atoms with Gasteiger partial charge >= 0.3 is 0 Å². The molecule has 134 valence electrons. The lowest BCUT2D eigenvalue weighted by Crippen LogP contribution is -2.44. The summed E-state index contributed by atoms with van der Waals surface area (Å²) in [6.45, 7) is 2.87. The van der Waals surface area contributed by atoms with Gasteiger partial charge in [0.15, 0.2) is 0 Å². The third kappa shape index (κ3) is 3.47. The normalized spacial score (nSPS) is 23.2. The number of nitrogens with one attached hydrogen (secondary N) is 1. The molecular weight excluding hydrogens is 332 g/mol. The van der Waals surface area contributed by atoms with Crippen LogP contribution in [-0.4, -0.2) is 64.8 Å². The molecule has 2 heterocycles. The SMILES string of the molecule is Cc1nc2c(n1CCO)CCC(NC(=O)CN1CCCS1(=O)=O)C2. The standard InChI is InChI=1S/C15H24N4O4S/c1-11-16-13-9-12(3-4-14(13)19(11)6-7-20)17-15(21)10-18-5-2-8-24(18,22)23/h12,20H,2-10H2,1H3,(H,17,21). The van der Waals surface area contributed by atoms with Gasteiger partial charge in [-0.25, -0.2) is 13.4 Å². The highest BCUT2D eigenvalue weighted by atomic mass is 32.2. The Kier molecular flexibility index (Phi) is 4.93. The molecule has 0 saturated carbocycles. The van der Waals surface area contributed by atoms with Crippen LogP contribution < -0.4 is 5.32 Å². The Morgan fingerprint density at radius 1 is 1.46 bits per heavy atom. The first kappa shape index (κ1) is 17.4. The van der Waals surface area contributed by atoms with Crippen molar-refractivity contribution in [3.63, 3.8) is 0 Å². The van der Waals surface area contributed by atoms with E-state index in [2.05, 4.69) is 10.3 Å². The number of carbonyl (C=O) groups excluding carboxylic acids is 1. The molecule has 0 aromatic carbocycles. The molecular formula is C15H24N4O4S. The van der Waals surface area contributed by atoms with Gasteiger partial charge in [0, 0.05) is 31.2 Å². The molecule has 1 atom stereocenters. The number of fused-ring (bicyclic) bond motifs is 1. The minimum absolute atomic E-state index is 0.0211. The summed E-state index contributed by atoms with van der Waals surface area (Å²) in [7, 11) is -3.25. The van der Waals surface area contributed by atoms with Gasteiger partial charge in [-0.1, -0.05) is 0 Å². The zero-order chi connectivity index (χ0) is 17.3. The van der Waals surface area contributed by atoms with E-state index in [-0.39, 0.29) is 30.9 Å². The minimum atomic E-state index is -3.25. The summed E-state index contributed by atoms with van der Waals surface area (Å²) in [6, 6.07) is -0.0211. The highest BCUT2D eigenvalue weighted by Gasteiger charge is 2.31. The predicted octanol–water partition coefficient (Wildman–Crippen LogP) is -0.807. The Morgan fingerprint density at radius 2 is 2.25 bits per heavy atom. The number of imidazole rings is 1. The van der Waals surface area contributed by atoms with Gasteiger partial charge < -0.3 is 15.0 Å². The molecule has 8 nitrogen and oxygen atoms in total. The quantitative estimate of drug-likeness (QED) is 0.718. The van der Waals surface area contributed by atoms with Crippen molar-refractivity contribution in [3.05, 3.63) is 17.2 Å². The van der Waals surface area contributed by atoms with E-state index in [0.717, 1.165) is 30.1 Å². The van der Waals surface area contributed by atoms with Crippen LogP contribution in [0.4, 0.5) is 0 Å². The van der Waals surface area contributed by atoms with Gasteiger partial charge in [0.05, 0.1) is 24.6 Å². The average molecular weight is 356 g/mol. The maximum atomic E-state index is 12.2. The second kappa shape index (κ2) is 6.81. The molecule has 24 heavy (non-hydrogen) atoms. The van der Waals surface area contributed by atoms with Gasteiger partial charge in [0.1, 0.15) is 5.82 Å². The summed E-state index contributed by atoms with van der Waals surface area (Å²) in [5.74, 6) is 0.763. The average Bonchev–Trinajstić information content (AvgIpc) is 2.99. The number of hydrogen-bond acceptors (Lipinski definition) is 5. The van der Waals surface area contributed by atoms with Crippen molar-refractivity contribution < 1.29 is 18.3 Å². The third-order valence-electron chi connectivity index (χ3n) is 4.73.